The summed E-state index contributed by atoms with van der Waals surface area (Å²) in [4.78, 5) is 0. The SMILES string of the molecule is CCC(NC(CCCN)COC)c1ccccc1. The fourth-order valence-corrected chi connectivity index (χ4v) is 2.20. The highest BCUT2D eigenvalue weighted by atomic mass is 16.5. The first kappa shape index (κ1) is 15.2. The average Bonchev–Trinajstić information content (AvgIpc) is 2.43. The zero-order valence-electron chi connectivity index (χ0n) is 11.6. The molecule has 3 nitrogen and oxygen atoms in total. The molecule has 1 rings (SSSR count). The zero-order valence-corrected chi connectivity index (χ0v) is 11.6. The van der Waals surface area contributed by atoms with Crippen LogP contribution in [-0.4, -0.2) is 26.3 Å². The number of hydrogen-bond donors (Lipinski definition) is 2. The molecule has 0 aliphatic heterocycles. The lowest BCUT2D eigenvalue weighted by molar-refractivity contribution is 0.155. The number of benzene rings is 1. The Kier molecular flexibility index (Phi) is 7.65. The third-order valence-corrected chi connectivity index (χ3v) is 3.17. The smallest absolute Gasteiger partial charge is 0.0616 e. The molecule has 0 fully saturated rings. The van der Waals surface area contributed by atoms with E-state index in [0.717, 1.165) is 32.4 Å². The van der Waals surface area contributed by atoms with E-state index in [2.05, 4.69) is 42.6 Å². The molecule has 3 N–H and O–H groups in total. The summed E-state index contributed by atoms with van der Waals surface area (Å²) in [7, 11) is 1.75. The fourth-order valence-electron chi connectivity index (χ4n) is 2.20. The molecule has 2 atom stereocenters. The molecule has 1 aromatic rings. The molecule has 0 saturated heterocycles. The highest BCUT2D eigenvalue weighted by Gasteiger charge is 2.14. The van der Waals surface area contributed by atoms with Crippen molar-refractivity contribution in [1.82, 2.24) is 5.32 Å². The van der Waals surface area contributed by atoms with Gasteiger partial charge in [-0.25, -0.2) is 0 Å². The van der Waals surface area contributed by atoms with Gasteiger partial charge in [-0.2, -0.15) is 0 Å². The standard InChI is InChI=1S/C15H26N2O/c1-3-15(13-8-5-4-6-9-13)17-14(12-18-2)10-7-11-16/h4-6,8-9,14-15,17H,3,7,10-12,16H2,1-2H3. The van der Waals surface area contributed by atoms with Crippen LogP contribution in [0.4, 0.5) is 0 Å². The summed E-state index contributed by atoms with van der Waals surface area (Å²) in [6.45, 7) is 3.69. The molecule has 0 aliphatic carbocycles. The molecular weight excluding hydrogens is 224 g/mol. The van der Waals surface area contributed by atoms with Crippen LogP contribution in [-0.2, 0) is 4.74 Å². The monoisotopic (exact) mass is 250 g/mol. The van der Waals surface area contributed by atoms with E-state index in [1.807, 2.05) is 0 Å². The summed E-state index contributed by atoms with van der Waals surface area (Å²) in [6.07, 6.45) is 3.17. The maximum Gasteiger partial charge on any atom is 0.0616 e. The Morgan fingerprint density at radius 2 is 2.00 bits per heavy atom. The predicted molar refractivity (Wildman–Crippen MR) is 76.6 cm³/mol. The number of methoxy groups -OCH3 is 1. The van der Waals surface area contributed by atoms with Crippen molar-refractivity contribution in [1.29, 1.82) is 0 Å². The van der Waals surface area contributed by atoms with Crippen molar-refractivity contribution in [2.45, 2.75) is 38.3 Å². The number of nitrogens with two attached hydrogens (primary N) is 1. The molecule has 0 amide bonds. The van der Waals surface area contributed by atoms with E-state index in [1.54, 1.807) is 7.11 Å². The third kappa shape index (κ3) is 5.17. The molecule has 0 spiro atoms. The zero-order chi connectivity index (χ0) is 13.2. The average molecular weight is 250 g/mol. The summed E-state index contributed by atoms with van der Waals surface area (Å²) >= 11 is 0. The van der Waals surface area contributed by atoms with Crippen LogP contribution in [0.5, 0.6) is 0 Å². The minimum atomic E-state index is 0.378. The fraction of sp³-hybridized carbons (Fsp3) is 0.600. The largest absolute Gasteiger partial charge is 0.383 e. The number of rotatable bonds is 9. The van der Waals surface area contributed by atoms with Gasteiger partial charge in [0.2, 0.25) is 0 Å². The van der Waals surface area contributed by atoms with E-state index in [1.165, 1.54) is 5.56 Å². The van der Waals surface area contributed by atoms with Gasteiger partial charge >= 0.3 is 0 Å². The van der Waals surface area contributed by atoms with Crippen LogP contribution in [0.1, 0.15) is 37.8 Å². The van der Waals surface area contributed by atoms with Gasteiger partial charge in [0.25, 0.3) is 0 Å². The maximum absolute atomic E-state index is 5.58. The molecule has 18 heavy (non-hydrogen) atoms. The van der Waals surface area contributed by atoms with Crippen LogP contribution < -0.4 is 11.1 Å². The molecule has 2 unspecified atom stereocenters. The normalized spacial score (nSPS) is 14.4. The van der Waals surface area contributed by atoms with Crippen molar-refractivity contribution >= 4 is 0 Å². The van der Waals surface area contributed by atoms with Gasteiger partial charge in [0.05, 0.1) is 6.61 Å². The van der Waals surface area contributed by atoms with E-state index in [-0.39, 0.29) is 0 Å². The Morgan fingerprint density at radius 3 is 2.56 bits per heavy atom. The molecule has 0 bridgehead atoms. The summed E-state index contributed by atoms with van der Waals surface area (Å²) in [6, 6.07) is 11.3. The molecule has 3 heteroatoms. The van der Waals surface area contributed by atoms with Gasteiger partial charge in [0.1, 0.15) is 0 Å². The summed E-state index contributed by atoms with van der Waals surface area (Å²) < 4.78 is 5.28. The second-order valence-corrected chi connectivity index (χ2v) is 4.62. The quantitative estimate of drug-likeness (QED) is 0.708. The molecule has 0 radical (unpaired) electrons. The number of hydrogen-bond acceptors (Lipinski definition) is 3. The molecule has 0 aromatic heterocycles. The lowest BCUT2D eigenvalue weighted by Crippen LogP contribution is -2.36. The van der Waals surface area contributed by atoms with Crippen molar-refractivity contribution in [2.24, 2.45) is 5.73 Å². The Labute approximate surface area is 111 Å². The van der Waals surface area contributed by atoms with Gasteiger partial charge < -0.3 is 15.8 Å². The van der Waals surface area contributed by atoms with Crippen LogP contribution in [0.2, 0.25) is 0 Å². The van der Waals surface area contributed by atoms with E-state index in [9.17, 15) is 0 Å². The first-order valence-electron chi connectivity index (χ1n) is 6.81. The summed E-state index contributed by atoms with van der Waals surface area (Å²) in [5, 5.41) is 3.68. The van der Waals surface area contributed by atoms with Crippen LogP contribution >= 0.6 is 0 Å². The van der Waals surface area contributed by atoms with Crippen molar-refractivity contribution in [3.05, 3.63) is 35.9 Å². The lowest BCUT2D eigenvalue weighted by atomic mass is 10.0. The van der Waals surface area contributed by atoms with E-state index in [0.29, 0.717) is 12.1 Å². The van der Waals surface area contributed by atoms with Crippen LogP contribution in [0, 0.1) is 0 Å². The topological polar surface area (TPSA) is 47.3 Å². The van der Waals surface area contributed by atoms with Gasteiger partial charge in [-0.1, -0.05) is 37.3 Å². The van der Waals surface area contributed by atoms with Gasteiger partial charge in [-0.3, -0.25) is 0 Å². The summed E-state index contributed by atoms with van der Waals surface area (Å²) in [5.74, 6) is 0. The Bertz CT molecular complexity index is 303. The number of nitrogens with one attached hydrogen (secondary N) is 1. The van der Waals surface area contributed by atoms with E-state index < -0.39 is 0 Å². The maximum atomic E-state index is 5.58. The summed E-state index contributed by atoms with van der Waals surface area (Å²) in [5.41, 5.74) is 6.92. The van der Waals surface area contributed by atoms with Crippen LogP contribution in [0.25, 0.3) is 0 Å². The minimum absolute atomic E-state index is 0.378. The van der Waals surface area contributed by atoms with Gasteiger partial charge in [0, 0.05) is 19.2 Å². The first-order valence-corrected chi connectivity index (χ1v) is 6.81. The van der Waals surface area contributed by atoms with Gasteiger partial charge in [0.15, 0.2) is 0 Å². The molecule has 0 heterocycles. The van der Waals surface area contributed by atoms with Crippen molar-refractivity contribution in [3.63, 3.8) is 0 Å². The number of ether oxygens (including phenoxy) is 1. The Balaban J connectivity index is 2.58. The van der Waals surface area contributed by atoms with Gasteiger partial charge in [-0.15, -0.1) is 0 Å². The molecule has 0 saturated carbocycles. The van der Waals surface area contributed by atoms with Crippen molar-refractivity contribution in [2.75, 3.05) is 20.3 Å². The second-order valence-electron chi connectivity index (χ2n) is 4.62. The molecular formula is C15H26N2O. The Morgan fingerprint density at radius 1 is 1.28 bits per heavy atom. The second kappa shape index (κ2) is 9.09. The Hall–Kier alpha value is -0.900. The van der Waals surface area contributed by atoms with Crippen LogP contribution in [0.3, 0.4) is 0 Å². The molecule has 0 aliphatic rings. The first-order chi connectivity index (χ1) is 8.81. The van der Waals surface area contributed by atoms with E-state index >= 15 is 0 Å². The molecule has 1 aromatic carbocycles. The predicted octanol–water partition coefficient (Wildman–Crippen LogP) is 2.48. The van der Waals surface area contributed by atoms with Gasteiger partial charge in [-0.05, 0) is 31.4 Å². The van der Waals surface area contributed by atoms with E-state index in [4.69, 9.17) is 10.5 Å². The van der Waals surface area contributed by atoms with Crippen molar-refractivity contribution < 1.29 is 4.74 Å². The minimum Gasteiger partial charge on any atom is -0.383 e. The van der Waals surface area contributed by atoms with Crippen molar-refractivity contribution in [3.8, 4) is 0 Å². The lowest BCUT2D eigenvalue weighted by Gasteiger charge is -2.25. The third-order valence-electron chi connectivity index (χ3n) is 3.17. The highest BCUT2D eigenvalue weighted by molar-refractivity contribution is 5.18. The van der Waals surface area contributed by atoms with Crippen LogP contribution in [0.15, 0.2) is 30.3 Å². The molecule has 102 valence electrons. The highest BCUT2D eigenvalue weighted by Crippen LogP contribution is 2.17.